The first-order valence-electron chi connectivity index (χ1n) is 7.82. The van der Waals surface area contributed by atoms with Gasteiger partial charge >= 0.3 is 0 Å². The molecule has 18 heavy (non-hydrogen) atoms. The van der Waals surface area contributed by atoms with Gasteiger partial charge in [0.15, 0.2) is 0 Å². The highest BCUT2D eigenvalue weighted by atomic mass is 16.2. The number of hydrogen-bond acceptors (Lipinski definition) is 2. The monoisotopic (exact) mass is 250 g/mol. The number of fused-ring (bicyclic) bond motifs is 4. The van der Waals surface area contributed by atoms with Crippen LogP contribution in [0.25, 0.3) is 0 Å². The molecular formula is C15H26N2O. The van der Waals surface area contributed by atoms with Crippen LogP contribution in [0, 0.1) is 11.8 Å². The molecule has 0 aromatic rings. The van der Waals surface area contributed by atoms with Gasteiger partial charge in [-0.1, -0.05) is 25.7 Å². The van der Waals surface area contributed by atoms with Gasteiger partial charge in [-0.15, -0.1) is 0 Å². The van der Waals surface area contributed by atoms with Gasteiger partial charge in [0.25, 0.3) is 0 Å². The summed E-state index contributed by atoms with van der Waals surface area (Å²) in [6, 6.07) is 0.569. The molecule has 1 aliphatic carbocycles. The highest BCUT2D eigenvalue weighted by Crippen LogP contribution is 2.29. The third-order valence-corrected chi connectivity index (χ3v) is 5.13. The van der Waals surface area contributed by atoms with Crippen molar-refractivity contribution < 1.29 is 4.79 Å². The Morgan fingerprint density at radius 3 is 2.67 bits per heavy atom. The molecule has 3 nitrogen and oxygen atoms in total. The van der Waals surface area contributed by atoms with E-state index in [1.54, 1.807) is 0 Å². The maximum Gasteiger partial charge on any atom is 0.222 e. The van der Waals surface area contributed by atoms with E-state index >= 15 is 0 Å². The molecule has 4 rings (SSSR count). The van der Waals surface area contributed by atoms with Gasteiger partial charge in [0.2, 0.25) is 5.91 Å². The Morgan fingerprint density at radius 1 is 1.11 bits per heavy atom. The molecule has 4 aliphatic rings. The molecule has 1 saturated carbocycles. The number of carbonyl (C=O) groups excluding carboxylic acids is 1. The van der Waals surface area contributed by atoms with Crippen LogP contribution < -0.4 is 5.32 Å². The Kier molecular flexibility index (Phi) is 3.88. The molecule has 0 aromatic heterocycles. The molecule has 2 atom stereocenters. The van der Waals surface area contributed by atoms with E-state index in [-0.39, 0.29) is 0 Å². The van der Waals surface area contributed by atoms with Crippen LogP contribution in [-0.2, 0) is 4.79 Å². The van der Waals surface area contributed by atoms with Crippen molar-refractivity contribution in [1.29, 1.82) is 0 Å². The number of carbonyl (C=O) groups is 1. The van der Waals surface area contributed by atoms with Gasteiger partial charge in [-0.3, -0.25) is 4.79 Å². The number of amides is 1. The van der Waals surface area contributed by atoms with Crippen molar-refractivity contribution in [2.45, 2.75) is 57.4 Å². The molecular weight excluding hydrogens is 224 g/mol. The summed E-state index contributed by atoms with van der Waals surface area (Å²) >= 11 is 0. The van der Waals surface area contributed by atoms with Crippen molar-refractivity contribution in [3.8, 4) is 0 Å². The van der Waals surface area contributed by atoms with Crippen LogP contribution in [-0.4, -0.2) is 36.5 Å². The minimum atomic E-state index is 0.419. The van der Waals surface area contributed by atoms with Crippen molar-refractivity contribution in [2.24, 2.45) is 11.8 Å². The first-order valence-corrected chi connectivity index (χ1v) is 7.82. The number of nitrogens with one attached hydrogen (secondary N) is 1. The fourth-order valence-electron chi connectivity index (χ4n) is 3.93. The molecule has 4 fully saturated rings. The van der Waals surface area contributed by atoms with Crippen LogP contribution in [0.4, 0.5) is 0 Å². The molecule has 3 aliphatic heterocycles. The average Bonchev–Trinajstić information content (AvgIpc) is 2.73. The summed E-state index contributed by atoms with van der Waals surface area (Å²) in [6.07, 6.45) is 10.00. The van der Waals surface area contributed by atoms with E-state index in [4.69, 9.17) is 0 Å². The molecule has 0 unspecified atom stereocenters. The minimum Gasteiger partial charge on any atom is -0.341 e. The zero-order chi connectivity index (χ0) is 12.4. The van der Waals surface area contributed by atoms with Crippen molar-refractivity contribution >= 4 is 5.91 Å². The Morgan fingerprint density at radius 2 is 1.94 bits per heavy atom. The Balaban J connectivity index is 1.49. The van der Waals surface area contributed by atoms with Crippen LogP contribution in [0.1, 0.15) is 51.4 Å². The lowest BCUT2D eigenvalue weighted by Gasteiger charge is -2.23. The second-order valence-corrected chi connectivity index (χ2v) is 6.54. The van der Waals surface area contributed by atoms with Crippen LogP contribution in [0.3, 0.4) is 0 Å². The van der Waals surface area contributed by atoms with Gasteiger partial charge < -0.3 is 10.2 Å². The van der Waals surface area contributed by atoms with Crippen LogP contribution in [0.5, 0.6) is 0 Å². The molecule has 0 aromatic carbocycles. The zero-order valence-electron chi connectivity index (χ0n) is 11.4. The van der Waals surface area contributed by atoms with Gasteiger partial charge in [-0.05, 0) is 37.6 Å². The number of hydrogen-bond donors (Lipinski definition) is 1. The fourth-order valence-corrected chi connectivity index (χ4v) is 3.93. The molecule has 3 heteroatoms. The maximum atomic E-state index is 12.3. The van der Waals surface area contributed by atoms with E-state index in [0.29, 0.717) is 17.9 Å². The third kappa shape index (κ3) is 2.87. The van der Waals surface area contributed by atoms with Gasteiger partial charge in [-0.25, -0.2) is 0 Å². The van der Waals surface area contributed by atoms with E-state index in [1.807, 2.05) is 0 Å². The van der Waals surface area contributed by atoms with Gasteiger partial charge in [0.05, 0.1) is 0 Å². The second kappa shape index (κ2) is 5.60. The highest BCUT2D eigenvalue weighted by Gasteiger charge is 2.31. The topological polar surface area (TPSA) is 32.3 Å². The zero-order valence-corrected chi connectivity index (χ0v) is 11.4. The second-order valence-electron chi connectivity index (χ2n) is 6.54. The molecule has 3 saturated heterocycles. The molecule has 1 amide bonds. The third-order valence-electron chi connectivity index (χ3n) is 5.13. The Hall–Kier alpha value is -0.570. The van der Waals surface area contributed by atoms with Crippen molar-refractivity contribution in [1.82, 2.24) is 10.2 Å². The minimum absolute atomic E-state index is 0.419. The standard InChI is InChI=1S/C15H26N2O/c18-15(8-6-12-3-1-2-4-12)17-10-13-5-7-14(11-17)16-9-13/h12-14,16H,1-11H2/t13-,14-/m0/s1. The van der Waals surface area contributed by atoms with Gasteiger partial charge in [0, 0.05) is 25.6 Å². The lowest BCUT2D eigenvalue weighted by atomic mass is 9.97. The van der Waals surface area contributed by atoms with E-state index in [9.17, 15) is 4.79 Å². The summed E-state index contributed by atoms with van der Waals surface area (Å²) in [5.74, 6) is 1.97. The van der Waals surface area contributed by atoms with Crippen molar-refractivity contribution in [3.05, 3.63) is 0 Å². The van der Waals surface area contributed by atoms with E-state index in [2.05, 4.69) is 10.2 Å². The van der Waals surface area contributed by atoms with E-state index in [0.717, 1.165) is 38.4 Å². The Bertz CT molecular complexity index is 277. The SMILES string of the molecule is O=C(CCC1CCCC1)N1C[C@H]2CC[C@@H](C1)NC2. The molecule has 3 heterocycles. The number of piperidine rings is 1. The lowest BCUT2D eigenvalue weighted by Crippen LogP contribution is -2.40. The normalized spacial score (nSPS) is 32.8. The highest BCUT2D eigenvalue weighted by molar-refractivity contribution is 5.76. The predicted molar refractivity (Wildman–Crippen MR) is 72.3 cm³/mol. The summed E-state index contributed by atoms with van der Waals surface area (Å²) < 4.78 is 0. The van der Waals surface area contributed by atoms with Crippen LogP contribution in [0.15, 0.2) is 0 Å². The van der Waals surface area contributed by atoms with Gasteiger partial charge in [-0.2, -0.15) is 0 Å². The fraction of sp³-hybridized carbons (Fsp3) is 0.933. The largest absolute Gasteiger partial charge is 0.341 e. The number of rotatable bonds is 3. The van der Waals surface area contributed by atoms with Crippen LogP contribution in [0.2, 0.25) is 0 Å². The van der Waals surface area contributed by atoms with Gasteiger partial charge in [0.1, 0.15) is 0 Å². The summed E-state index contributed by atoms with van der Waals surface area (Å²) in [4.78, 5) is 14.5. The smallest absolute Gasteiger partial charge is 0.222 e. The predicted octanol–water partition coefficient (Wildman–Crippen LogP) is 2.17. The quantitative estimate of drug-likeness (QED) is 0.832. The van der Waals surface area contributed by atoms with E-state index < -0.39 is 0 Å². The van der Waals surface area contributed by atoms with Crippen molar-refractivity contribution in [3.63, 3.8) is 0 Å². The molecule has 2 bridgehead atoms. The molecule has 1 N–H and O–H groups in total. The lowest BCUT2D eigenvalue weighted by molar-refractivity contribution is -0.131. The summed E-state index contributed by atoms with van der Waals surface area (Å²) in [5.41, 5.74) is 0. The molecule has 0 radical (unpaired) electrons. The summed E-state index contributed by atoms with van der Waals surface area (Å²) in [6.45, 7) is 3.09. The first-order chi connectivity index (χ1) is 8.81. The average molecular weight is 250 g/mol. The summed E-state index contributed by atoms with van der Waals surface area (Å²) in [7, 11) is 0. The Labute approximate surface area is 110 Å². The molecule has 102 valence electrons. The summed E-state index contributed by atoms with van der Waals surface area (Å²) in [5, 5.41) is 3.57. The van der Waals surface area contributed by atoms with Crippen molar-refractivity contribution in [2.75, 3.05) is 19.6 Å². The maximum absolute atomic E-state index is 12.3. The first kappa shape index (κ1) is 12.5. The van der Waals surface area contributed by atoms with Crippen LogP contribution >= 0.6 is 0 Å². The molecule has 0 spiro atoms. The number of nitrogens with zero attached hydrogens (tertiary/aromatic N) is 1. The van der Waals surface area contributed by atoms with E-state index in [1.165, 1.54) is 38.5 Å².